The highest BCUT2D eigenvalue weighted by atomic mass is 16.5. The van der Waals surface area contributed by atoms with Gasteiger partial charge in [-0.05, 0) is 34.6 Å². The second kappa shape index (κ2) is 10.3. The number of ether oxygens (including phenoxy) is 2. The minimum atomic E-state index is -1.12. The Morgan fingerprint density at radius 2 is 1.71 bits per heavy atom. The molecule has 0 spiro atoms. The molecule has 0 bridgehead atoms. The molecule has 1 heterocycles. The van der Waals surface area contributed by atoms with Crippen molar-refractivity contribution in [3.05, 3.63) is 59.7 Å². The van der Waals surface area contributed by atoms with Crippen molar-refractivity contribution in [1.82, 2.24) is 10.6 Å². The van der Waals surface area contributed by atoms with Crippen molar-refractivity contribution in [2.75, 3.05) is 13.2 Å². The summed E-state index contributed by atoms with van der Waals surface area (Å²) in [6.07, 6.45) is -0.720. The molecule has 8 nitrogen and oxygen atoms in total. The van der Waals surface area contributed by atoms with E-state index < -0.39 is 36.2 Å². The second-order valence-electron chi connectivity index (χ2n) is 8.87. The van der Waals surface area contributed by atoms with E-state index in [0.29, 0.717) is 12.8 Å². The van der Waals surface area contributed by atoms with E-state index in [1.54, 1.807) is 0 Å². The van der Waals surface area contributed by atoms with Crippen LogP contribution in [0.2, 0.25) is 0 Å². The number of carbonyl (C=O) groups excluding carboxylic acids is 2. The van der Waals surface area contributed by atoms with E-state index in [0.717, 1.165) is 22.3 Å². The van der Waals surface area contributed by atoms with Crippen LogP contribution < -0.4 is 10.6 Å². The quantitative estimate of drug-likeness (QED) is 0.550. The van der Waals surface area contributed by atoms with Gasteiger partial charge >= 0.3 is 12.1 Å². The van der Waals surface area contributed by atoms with Crippen LogP contribution in [0.15, 0.2) is 48.5 Å². The standard InChI is InChI=1S/C26H30N2O6/c1-3-15(2)22(24(29)27-21-12-13-33-23(21)25(30)31)28-26(32)34-14-20-18-10-6-4-8-16(18)17-9-5-7-11-19(17)20/h4-11,15,20-23H,3,12-14H2,1-2H3,(H,27,29)(H,28,32)(H,30,31)/t15?,21-,22?,23+/m1/s1. The number of nitrogens with one attached hydrogen (secondary N) is 2. The van der Waals surface area contributed by atoms with Gasteiger partial charge in [-0.15, -0.1) is 0 Å². The lowest BCUT2D eigenvalue weighted by molar-refractivity contribution is -0.148. The largest absolute Gasteiger partial charge is 0.479 e. The zero-order chi connectivity index (χ0) is 24.2. The number of carbonyl (C=O) groups is 3. The van der Waals surface area contributed by atoms with Crippen LogP contribution in [0, 0.1) is 5.92 Å². The maximum absolute atomic E-state index is 13.0. The molecule has 0 aromatic heterocycles. The summed E-state index contributed by atoms with van der Waals surface area (Å²) in [5.74, 6) is -1.82. The summed E-state index contributed by atoms with van der Waals surface area (Å²) in [4.78, 5) is 37.0. The first-order valence-electron chi connectivity index (χ1n) is 11.7. The van der Waals surface area contributed by atoms with Gasteiger partial charge in [0.15, 0.2) is 6.10 Å². The SMILES string of the molecule is CCC(C)C(NC(=O)OCC1c2ccccc2-c2ccccc21)C(=O)N[C@@H]1CCO[C@@H]1C(=O)O. The van der Waals surface area contributed by atoms with Crippen LogP contribution in [-0.2, 0) is 19.1 Å². The molecule has 2 unspecified atom stereocenters. The van der Waals surface area contributed by atoms with Crippen LogP contribution in [0.5, 0.6) is 0 Å². The molecule has 180 valence electrons. The van der Waals surface area contributed by atoms with Gasteiger partial charge in [0.1, 0.15) is 12.6 Å². The molecule has 2 amide bonds. The highest BCUT2D eigenvalue weighted by Gasteiger charge is 2.38. The predicted molar refractivity (Wildman–Crippen MR) is 125 cm³/mol. The van der Waals surface area contributed by atoms with Crippen LogP contribution in [-0.4, -0.2) is 54.5 Å². The van der Waals surface area contributed by atoms with Crippen LogP contribution in [0.4, 0.5) is 4.79 Å². The minimum absolute atomic E-state index is 0.0824. The van der Waals surface area contributed by atoms with Gasteiger partial charge in [0.05, 0.1) is 6.04 Å². The summed E-state index contributed by atoms with van der Waals surface area (Å²) in [6, 6.07) is 14.6. The number of rotatable bonds is 8. The van der Waals surface area contributed by atoms with Crippen molar-refractivity contribution in [3.8, 4) is 11.1 Å². The molecule has 1 fully saturated rings. The van der Waals surface area contributed by atoms with Gasteiger partial charge in [0, 0.05) is 12.5 Å². The summed E-state index contributed by atoms with van der Waals surface area (Å²) in [5, 5.41) is 14.7. The molecule has 2 aromatic carbocycles. The van der Waals surface area contributed by atoms with Crippen molar-refractivity contribution in [1.29, 1.82) is 0 Å². The average Bonchev–Trinajstić information content (AvgIpc) is 3.43. The van der Waals surface area contributed by atoms with Gasteiger partial charge in [-0.25, -0.2) is 9.59 Å². The Labute approximate surface area is 198 Å². The predicted octanol–water partition coefficient (Wildman–Crippen LogP) is 3.30. The lowest BCUT2D eigenvalue weighted by Crippen LogP contribution is -2.54. The van der Waals surface area contributed by atoms with E-state index in [4.69, 9.17) is 9.47 Å². The molecule has 2 aliphatic rings. The van der Waals surface area contributed by atoms with Crippen molar-refractivity contribution >= 4 is 18.0 Å². The van der Waals surface area contributed by atoms with Crippen molar-refractivity contribution in [2.45, 2.75) is 50.8 Å². The molecule has 1 saturated heterocycles. The molecule has 2 aromatic rings. The zero-order valence-corrected chi connectivity index (χ0v) is 19.3. The fourth-order valence-corrected chi connectivity index (χ4v) is 4.72. The van der Waals surface area contributed by atoms with E-state index in [1.807, 2.05) is 50.2 Å². The molecule has 34 heavy (non-hydrogen) atoms. The van der Waals surface area contributed by atoms with E-state index in [2.05, 4.69) is 22.8 Å². The highest BCUT2D eigenvalue weighted by Crippen LogP contribution is 2.44. The van der Waals surface area contributed by atoms with E-state index in [-0.39, 0.29) is 25.0 Å². The summed E-state index contributed by atoms with van der Waals surface area (Å²) in [5.41, 5.74) is 4.48. The Morgan fingerprint density at radius 3 is 2.29 bits per heavy atom. The third kappa shape index (κ3) is 4.77. The Kier molecular flexibility index (Phi) is 7.17. The molecule has 4 atom stereocenters. The number of fused-ring (bicyclic) bond motifs is 3. The number of alkyl carbamates (subject to hydrolysis) is 1. The van der Waals surface area contributed by atoms with Crippen molar-refractivity contribution < 1.29 is 29.0 Å². The maximum atomic E-state index is 13.0. The molecule has 3 N–H and O–H groups in total. The lowest BCUT2D eigenvalue weighted by atomic mass is 9.97. The Balaban J connectivity index is 1.41. The first-order chi connectivity index (χ1) is 16.4. The zero-order valence-electron chi connectivity index (χ0n) is 19.3. The number of carboxylic acid groups (broad SMARTS) is 1. The number of hydrogen-bond acceptors (Lipinski definition) is 5. The van der Waals surface area contributed by atoms with Gasteiger partial charge < -0.3 is 25.2 Å². The van der Waals surface area contributed by atoms with Gasteiger partial charge in [-0.3, -0.25) is 4.79 Å². The topological polar surface area (TPSA) is 114 Å². The fraction of sp³-hybridized carbons (Fsp3) is 0.423. The number of aliphatic carboxylic acids is 1. The summed E-state index contributed by atoms with van der Waals surface area (Å²) >= 11 is 0. The van der Waals surface area contributed by atoms with Crippen LogP contribution in [0.1, 0.15) is 43.7 Å². The van der Waals surface area contributed by atoms with Gasteiger partial charge in [0.2, 0.25) is 5.91 Å². The second-order valence-corrected chi connectivity index (χ2v) is 8.87. The summed E-state index contributed by atoms with van der Waals surface area (Å²) in [7, 11) is 0. The summed E-state index contributed by atoms with van der Waals surface area (Å²) in [6.45, 7) is 4.18. The minimum Gasteiger partial charge on any atom is -0.479 e. The first kappa shape index (κ1) is 23.8. The number of carboxylic acids is 1. The molecule has 0 saturated carbocycles. The number of benzene rings is 2. The molecule has 4 rings (SSSR count). The molecule has 8 heteroatoms. The Bertz CT molecular complexity index is 1030. The molecular formula is C26H30N2O6. The number of amides is 2. The third-order valence-corrected chi connectivity index (χ3v) is 6.78. The van der Waals surface area contributed by atoms with Crippen LogP contribution >= 0.6 is 0 Å². The van der Waals surface area contributed by atoms with Gasteiger partial charge in [-0.1, -0.05) is 68.8 Å². The highest BCUT2D eigenvalue weighted by molar-refractivity contribution is 5.87. The monoisotopic (exact) mass is 466 g/mol. The Morgan fingerprint density at radius 1 is 1.09 bits per heavy atom. The molecule has 1 aliphatic heterocycles. The van der Waals surface area contributed by atoms with Crippen LogP contribution in [0.25, 0.3) is 11.1 Å². The molecular weight excluding hydrogens is 436 g/mol. The molecule has 1 aliphatic carbocycles. The summed E-state index contributed by atoms with van der Waals surface area (Å²) < 4.78 is 10.8. The fourth-order valence-electron chi connectivity index (χ4n) is 4.72. The average molecular weight is 467 g/mol. The van der Waals surface area contributed by atoms with Crippen LogP contribution in [0.3, 0.4) is 0 Å². The van der Waals surface area contributed by atoms with E-state index >= 15 is 0 Å². The first-order valence-corrected chi connectivity index (χ1v) is 11.7. The smallest absolute Gasteiger partial charge is 0.407 e. The maximum Gasteiger partial charge on any atom is 0.407 e. The normalized spacial score (nSPS) is 20.6. The Hall–Kier alpha value is -3.39. The van der Waals surface area contributed by atoms with E-state index in [9.17, 15) is 19.5 Å². The number of hydrogen-bond donors (Lipinski definition) is 3. The van der Waals surface area contributed by atoms with E-state index in [1.165, 1.54) is 0 Å². The van der Waals surface area contributed by atoms with Crippen molar-refractivity contribution in [3.63, 3.8) is 0 Å². The molecule has 0 radical (unpaired) electrons. The lowest BCUT2D eigenvalue weighted by Gasteiger charge is -2.26. The van der Waals surface area contributed by atoms with Gasteiger partial charge in [0.25, 0.3) is 0 Å². The van der Waals surface area contributed by atoms with Crippen molar-refractivity contribution in [2.24, 2.45) is 5.92 Å². The third-order valence-electron chi connectivity index (χ3n) is 6.78. The van der Waals surface area contributed by atoms with Gasteiger partial charge in [-0.2, -0.15) is 0 Å².